The van der Waals surface area contributed by atoms with Gasteiger partial charge in [-0.2, -0.15) is 0 Å². The van der Waals surface area contributed by atoms with E-state index in [9.17, 15) is 14.3 Å². The Hall–Kier alpha value is -1.42. The molecule has 0 bridgehead atoms. The third-order valence-electron chi connectivity index (χ3n) is 3.19. The molecule has 1 unspecified atom stereocenters. The molecule has 1 aromatic carbocycles. The number of aliphatic hydroxyl groups excluding tert-OH is 1. The fourth-order valence-electron chi connectivity index (χ4n) is 2.13. The predicted octanol–water partition coefficient (Wildman–Crippen LogP) is 1.52. The van der Waals surface area contributed by atoms with E-state index in [0.29, 0.717) is 25.1 Å². The molecule has 1 saturated heterocycles. The van der Waals surface area contributed by atoms with Crippen molar-refractivity contribution in [1.82, 2.24) is 4.90 Å². The second kappa shape index (κ2) is 4.84. The highest BCUT2D eigenvalue weighted by atomic mass is 19.1. The molecule has 92 valence electrons. The second-order valence-corrected chi connectivity index (χ2v) is 4.50. The van der Waals surface area contributed by atoms with Gasteiger partial charge in [0.25, 0.3) is 0 Å². The Morgan fingerprint density at radius 3 is 2.94 bits per heavy atom. The van der Waals surface area contributed by atoms with Gasteiger partial charge in [0.1, 0.15) is 5.82 Å². The van der Waals surface area contributed by atoms with Crippen LogP contribution in [0.25, 0.3) is 0 Å². The van der Waals surface area contributed by atoms with E-state index in [1.165, 1.54) is 12.1 Å². The molecule has 1 aliphatic rings. The molecule has 1 heterocycles. The number of carbonyl (C=O) groups is 1. The standard InChI is InChI=1S/C13H16FNO2/c1-9(10-3-2-4-11(14)7-10)13(17)15-6-5-12(16)8-15/h2-4,7,9,12,16H,5-6,8H2,1H3/t9?,12-/m1/s1. The van der Waals surface area contributed by atoms with Crippen molar-refractivity contribution in [3.05, 3.63) is 35.6 Å². The van der Waals surface area contributed by atoms with Gasteiger partial charge >= 0.3 is 0 Å². The Bertz CT molecular complexity index is 422. The number of likely N-dealkylation sites (tertiary alicyclic amines) is 1. The zero-order valence-electron chi connectivity index (χ0n) is 9.77. The van der Waals surface area contributed by atoms with Crippen LogP contribution in [0.4, 0.5) is 4.39 Å². The SMILES string of the molecule is CC(C(=O)N1CC[C@@H](O)C1)c1cccc(F)c1. The van der Waals surface area contributed by atoms with Crippen molar-refractivity contribution in [2.45, 2.75) is 25.4 Å². The molecule has 1 fully saturated rings. The average molecular weight is 237 g/mol. The number of hydrogen-bond donors (Lipinski definition) is 1. The first-order chi connectivity index (χ1) is 8.08. The van der Waals surface area contributed by atoms with Crippen LogP contribution < -0.4 is 0 Å². The molecule has 17 heavy (non-hydrogen) atoms. The summed E-state index contributed by atoms with van der Waals surface area (Å²) in [5.74, 6) is -0.744. The molecule has 0 radical (unpaired) electrons. The second-order valence-electron chi connectivity index (χ2n) is 4.50. The monoisotopic (exact) mass is 237 g/mol. The highest BCUT2D eigenvalue weighted by molar-refractivity contribution is 5.83. The Kier molecular flexibility index (Phi) is 3.43. The summed E-state index contributed by atoms with van der Waals surface area (Å²) in [5, 5.41) is 9.39. The summed E-state index contributed by atoms with van der Waals surface area (Å²) in [5.41, 5.74) is 0.677. The third kappa shape index (κ3) is 2.64. The molecule has 0 aliphatic carbocycles. The lowest BCUT2D eigenvalue weighted by Gasteiger charge is -2.20. The van der Waals surface area contributed by atoms with Crippen LogP contribution in [-0.4, -0.2) is 35.1 Å². The van der Waals surface area contributed by atoms with E-state index in [0.717, 1.165) is 0 Å². The van der Waals surface area contributed by atoms with Gasteiger partial charge in [-0.15, -0.1) is 0 Å². The first-order valence-corrected chi connectivity index (χ1v) is 5.80. The summed E-state index contributed by atoms with van der Waals surface area (Å²) in [6.45, 7) is 2.74. The number of nitrogens with zero attached hydrogens (tertiary/aromatic N) is 1. The van der Waals surface area contributed by atoms with E-state index >= 15 is 0 Å². The van der Waals surface area contributed by atoms with Crippen molar-refractivity contribution >= 4 is 5.91 Å². The van der Waals surface area contributed by atoms with Crippen LogP contribution in [0.5, 0.6) is 0 Å². The van der Waals surface area contributed by atoms with Gasteiger partial charge in [-0.3, -0.25) is 4.79 Å². The molecule has 2 rings (SSSR count). The number of halogens is 1. The highest BCUT2D eigenvalue weighted by Crippen LogP contribution is 2.21. The summed E-state index contributed by atoms with van der Waals surface area (Å²) in [6.07, 6.45) is 0.209. The largest absolute Gasteiger partial charge is 0.391 e. The van der Waals surface area contributed by atoms with Crippen LogP contribution >= 0.6 is 0 Å². The summed E-state index contributed by atoms with van der Waals surface area (Å²) < 4.78 is 13.1. The van der Waals surface area contributed by atoms with E-state index in [4.69, 9.17) is 0 Å². The van der Waals surface area contributed by atoms with Crippen LogP contribution in [0, 0.1) is 5.82 Å². The van der Waals surface area contributed by atoms with Crippen molar-refractivity contribution < 1.29 is 14.3 Å². The number of hydrogen-bond acceptors (Lipinski definition) is 2. The van der Waals surface area contributed by atoms with Crippen molar-refractivity contribution in [2.24, 2.45) is 0 Å². The molecule has 1 aliphatic heterocycles. The topological polar surface area (TPSA) is 40.5 Å². The first-order valence-electron chi connectivity index (χ1n) is 5.80. The predicted molar refractivity (Wildman–Crippen MR) is 62.0 cm³/mol. The van der Waals surface area contributed by atoms with Crippen LogP contribution in [0.3, 0.4) is 0 Å². The lowest BCUT2D eigenvalue weighted by atomic mass is 10.00. The number of aliphatic hydroxyl groups is 1. The number of rotatable bonds is 2. The van der Waals surface area contributed by atoms with Crippen molar-refractivity contribution in [3.8, 4) is 0 Å². The van der Waals surface area contributed by atoms with Gasteiger partial charge in [-0.05, 0) is 31.0 Å². The van der Waals surface area contributed by atoms with Crippen molar-refractivity contribution in [1.29, 1.82) is 0 Å². The van der Waals surface area contributed by atoms with E-state index in [2.05, 4.69) is 0 Å². The fourth-order valence-corrected chi connectivity index (χ4v) is 2.13. The minimum atomic E-state index is -0.418. The maximum atomic E-state index is 13.1. The molecule has 2 atom stereocenters. The van der Waals surface area contributed by atoms with Crippen LogP contribution in [0.2, 0.25) is 0 Å². The smallest absolute Gasteiger partial charge is 0.229 e. The summed E-state index contributed by atoms with van der Waals surface area (Å²) in [4.78, 5) is 13.7. The van der Waals surface area contributed by atoms with Gasteiger partial charge in [0, 0.05) is 13.1 Å². The quantitative estimate of drug-likeness (QED) is 0.847. The van der Waals surface area contributed by atoms with E-state index in [-0.39, 0.29) is 17.6 Å². The zero-order chi connectivity index (χ0) is 12.4. The zero-order valence-corrected chi connectivity index (χ0v) is 9.77. The Balaban J connectivity index is 2.09. The molecule has 0 spiro atoms. The Morgan fingerprint density at radius 2 is 2.35 bits per heavy atom. The van der Waals surface area contributed by atoms with Crippen molar-refractivity contribution in [2.75, 3.05) is 13.1 Å². The summed E-state index contributed by atoms with van der Waals surface area (Å²) in [6, 6.07) is 6.10. The molecule has 1 aromatic rings. The minimum absolute atomic E-state index is 0.0489. The molecule has 1 N–H and O–H groups in total. The third-order valence-corrected chi connectivity index (χ3v) is 3.19. The Morgan fingerprint density at radius 1 is 1.59 bits per heavy atom. The Labute approximate surface area is 99.9 Å². The minimum Gasteiger partial charge on any atom is -0.391 e. The van der Waals surface area contributed by atoms with E-state index in [1.807, 2.05) is 0 Å². The van der Waals surface area contributed by atoms with Gasteiger partial charge in [0.2, 0.25) is 5.91 Å². The lowest BCUT2D eigenvalue weighted by molar-refractivity contribution is -0.131. The number of benzene rings is 1. The number of β-amino-alcohol motifs (C(OH)–C–C–N with tert-alkyl or cyclic N) is 1. The van der Waals surface area contributed by atoms with Crippen LogP contribution in [0.15, 0.2) is 24.3 Å². The molecule has 3 nitrogen and oxygen atoms in total. The first kappa shape index (κ1) is 12.0. The normalized spacial score (nSPS) is 21.6. The molecule has 0 saturated carbocycles. The van der Waals surface area contributed by atoms with Gasteiger partial charge in [0.05, 0.1) is 12.0 Å². The molecule has 0 aromatic heterocycles. The average Bonchev–Trinajstić information content (AvgIpc) is 2.74. The van der Waals surface area contributed by atoms with E-state index < -0.39 is 6.10 Å². The number of carbonyl (C=O) groups excluding carboxylic acids is 1. The molecule has 4 heteroatoms. The maximum Gasteiger partial charge on any atom is 0.229 e. The maximum absolute atomic E-state index is 13.1. The summed E-state index contributed by atoms with van der Waals surface area (Å²) in [7, 11) is 0. The fraction of sp³-hybridized carbons (Fsp3) is 0.462. The molecular formula is C13H16FNO2. The summed E-state index contributed by atoms with van der Waals surface area (Å²) >= 11 is 0. The van der Waals surface area contributed by atoms with Gasteiger partial charge in [0.15, 0.2) is 0 Å². The molecule has 1 amide bonds. The van der Waals surface area contributed by atoms with Crippen molar-refractivity contribution in [3.63, 3.8) is 0 Å². The van der Waals surface area contributed by atoms with E-state index in [1.54, 1.807) is 24.0 Å². The number of amides is 1. The van der Waals surface area contributed by atoms with Gasteiger partial charge in [-0.25, -0.2) is 4.39 Å². The highest BCUT2D eigenvalue weighted by Gasteiger charge is 2.28. The van der Waals surface area contributed by atoms with Gasteiger partial charge < -0.3 is 10.0 Å². The lowest BCUT2D eigenvalue weighted by Crippen LogP contribution is -2.33. The molecular weight excluding hydrogens is 221 g/mol. The van der Waals surface area contributed by atoms with Crippen LogP contribution in [-0.2, 0) is 4.79 Å². The van der Waals surface area contributed by atoms with Gasteiger partial charge in [-0.1, -0.05) is 12.1 Å². The van der Waals surface area contributed by atoms with Crippen LogP contribution in [0.1, 0.15) is 24.8 Å².